The van der Waals surface area contributed by atoms with Crippen molar-refractivity contribution in [2.45, 2.75) is 25.3 Å². The summed E-state index contributed by atoms with van der Waals surface area (Å²) in [6, 6.07) is -0.465. The molecule has 1 saturated heterocycles. The van der Waals surface area contributed by atoms with Crippen molar-refractivity contribution in [1.29, 1.82) is 0 Å². The summed E-state index contributed by atoms with van der Waals surface area (Å²) in [6.07, 6.45) is 4.38. The second-order valence-electron chi connectivity index (χ2n) is 5.07. The quantitative estimate of drug-likeness (QED) is 0.561. The number of carbonyl (C=O) groups is 1. The Kier molecular flexibility index (Phi) is 7.24. The summed E-state index contributed by atoms with van der Waals surface area (Å²) in [7, 11) is -3.67. The molecule has 7 nitrogen and oxygen atoms in total. The van der Waals surface area contributed by atoms with Crippen molar-refractivity contribution < 1.29 is 13.2 Å². The second-order valence-corrected chi connectivity index (χ2v) is 7.44. The zero-order valence-electron chi connectivity index (χ0n) is 11.7. The first-order valence-electron chi connectivity index (χ1n) is 6.64. The summed E-state index contributed by atoms with van der Waals surface area (Å²) in [5, 5.41) is 4.91. The average Bonchev–Trinajstić information content (AvgIpc) is 2.41. The molecule has 0 spiro atoms. The molecule has 0 bridgehead atoms. The van der Waals surface area contributed by atoms with Gasteiger partial charge in [-0.2, -0.15) is 20.2 Å². The highest BCUT2D eigenvalue weighted by Gasteiger charge is 2.27. The molecule has 1 aliphatic heterocycles. The molecular formula is C11H24N4O3S2. The fraction of sp³-hybridized carbons (Fsp3) is 0.909. The van der Waals surface area contributed by atoms with Gasteiger partial charge in [0, 0.05) is 19.6 Å². The van der Waals surface area contributed by atoms with Crippen molar-refractivity contribution >= 4 is 27.9 Å². The Morgan fingerprint density at radius 3 is 2.85 bits per heavy atom. The average molecular weight is 324 g/mol. The van der Waals surface area contributed by atoms with Gasteiger partial charge in [0.2, 0.25) is 5.91 Å². The summed E-state index contributed by atoms with van der Waals surface area (Å²) < 4.78 is 24.1. The molecule has 9 heteroatoms. The summed E-state index contributed by atoms with van der Waals surface area (Å²) in [5.74, 6) is 0.912. The molecule has 0 radical (unpaired) electrons. The number of nitrogens with one attached hydrogen (secondary N) is 1. The zero-order valence-corrected chi connectivity index (χ0v) is 13.4. The van der Waals surface area contributed by atoms with E-state index in [2.05, 4.69) is 4.72 Å². The van der Waals surface area contributed by atoms with Gasteiger partial charge in [0.25, 0.3) is 10.2 Å². The second kappa shape index (κ2) is 8.18. The minimum absolute atomic E-state index is 0.0423. The van der Waals surface area contributed by atoms with Crippen LogP contribution in [-0.2, 0) is 15.0 Å². The summed E-state index contributed by atoms with van der Waals surface area (Å²) in [6.45, 7) is 1.49. The van der Waals surface area contributed by atoms with Gasteiger partial charge in [-0.15, -0.1) is 0 Å². The molecule has 1 fully saturated rings. The Morgan fingerprint density at radius 1 is 1.55 bits per heavy atom. The molecule has 2 atom stereocenters. The van der Waals surface area contributed by atoms with Gasteiger partial charge in [0.1, 0.15) is 0 Å². The molecule has 1 unspecified atom stereocenters. The van der Waals surface area contributed by atoms with E-state index < -0.39 is 16.3 Å². The zero-order chi connectivity index (χ0) is 15.2. The van der Waals surface area contributed by atoms with Crippen LogP contribution >= 0.6 is 11.8 Å². The molecule has 1 amide bonds. The lowest BCUT2D eigenvalue weighted by atomic mass is 9.97. The number of likely N-dealkylation sites (tertiary alicyclic amines) is 1. The Hall–Kier alpha value is -0.350. The Morgan fingerprint density at radius 2 is 2.25 bits per heavy atom. The minimum Gasteiger partial charge on any atom is -0.341 e. The Bertz CT molecular complexity index is 416. The maximum atomic E-state index is 12.2. The molecule has 0 aromatic heterocycles. The Balaban J connectivity index is 2.45. The lowest BCUT2D eigenvalue weighted by Gasteiger charge is -2.34. The summed E-state index contributed by atoms with van der Waals surface area (Å²) in [5.41, 5.74) is 5.89. The largest absolute Gasteiger partial charge is 0.341 e. The van der Waals surface area contributed by atoms with Gasteiger partial charge >= 0.3 is 0 Å². The molecule has 0 aromatic rings. The van der Waals surface area contributed by atoms with Gasteiger partial charge in [-0.05, 0) is 37.2 Å². The molecule has 1 heterocycles. The molecule has 0 saturated carbocycles. The van der Waals surface area contributed by atoms with Crippen molar-refractivity contribution in [3.63, 3.8) is 0 Å². The van der Waals surface area contributed by atoms with Crippen LogP contribution in [0.1, 0.15) is 19.3 Å². The van der Waals surface area contributed by atoms with E-state index in [9.17, 15) is 13.2 Å². The fourth-order valence-electron chi connectivity index (χ4n) is 2.27. The van der Waals surface area contributed by atoms with E-state index in [1.165, 1.54) is 0 Å². The van der Waals surface area contributed by atoms with Crippen molar-refractivity contribution in [3.8, 4) is 0 Å². The highest BCUT2D eigenvalue weighted by atomic mass is 32.2. The fourth-order valence-corrected chi connectivity index (χ4v) is 3.23. The van der Waals surface area contributed by atoms with Crippen LogP contribution in [0.3, 0.4) is 0 Å². The van der Waals surface area contributed by atoms with Gasteiger partial charge in [0.05, 0.1) is 6.04 Å². The molecular weight excluding hydrogens is 300 g/mol. The van der Waals surface area contributed by atoms with Crippen molar-refractivity contribution in [1.82, 2.24) is 9.62 Å². The van der Waals surface area contributed by atoms with E-state index in [0.717, 1.165) is 18.6 Å². The highest BCUT2D eigenvalue weighted by Crippen LogP contribution is 2.17. The SMILES string of the molecule is CSCC[C@H](N)C(=O)N1CCCC(CNS(N)(=O)=O)C1. The number of hydrogen-bond donors (Lipinski definition) is 3. The van der Waals surface area contributed by atoms with Crippen LogP contribution in [0.5, 0.6) is 0 Å². The normalized spacial score (nSPS) is 21.8. The maximum absolute atomic E-state index is 12.2. The third kappa shape index (κ3) is 6.40. The molecule has 20 heavy (non-hydrogen) atoms. The lowest BCUT2D eigenvalue weighted by molar-refractivity contribution is -0.134. The molecule has 118 valence electrons. The van der Waals surface area contributed by atoms with Crippen LogP contribution in [0, 0.1) is 5.92 Å². The number of carbonyl (C=O) groups excluding carboxylic acids is 1. The number of nitrogens with two attached hydrogens (primary N) is 2. The number of piperidine rings is 1. The van der Waals surface area contributed by atoms with Crippen LogP contribution in [0.4, 0.5) is 0 Å². The molecule has 0 aromatic carbocycles. The number of thioether (sulfide) groups is 1. The smallest absolute Gasteiger partial charge is 0.274 e. The third-order valence-electron chi connectivity index (χ3n) is 3.35. The number of hydrogen-bond acceptors (Lipinski definition) is 5. The van der Waals surface area contributed by atoms with Crippen LogP contribution < -0.4 is 15.6 Å². The van der Waals surface area contributed by atoms with Crippen LogP contribution in [0.25, 0.3) is 0 Å². The van der Waals surface area contributed by atoms with Gasteiger partial charge in [0.15, 0.2) is 0 Å². The third-order valence-corrected chi connectivity index (χ3v) is 4.57. The molecule has 1 rings (SSSR count). The van der Waals surface area contributed by atoms with Gasteiger partial charge in [-0.1, -0.05) is 0 Å². The Labute approximate surface area is 125 Å². The highest BCUT2D eigenvalue weighted by molar-refractivity contribution is 7.98. The molecule has 5 N–H and O–H groups in total. The van der Waals surface area contributed by atoms with Crippen molar-refractivity contribution in [2.24, 2.45) is 16.8 Å². The van der Waals surface area contributed by atoms with E-state index >= 15 is 0 Å². The number of rotatable bonds is 7. The van der Waals surface area contributed by atoms with Crippen LogP contribution in [0.15, 0.2) is 0 Å². The minimum atomic E-state index is -3.67. The van der Waals surface area contributed by atoms with Crippen molar-refractivity contribution in [2.75, 3.05) is 31.6 Å². The van der Waals surface area contributed by atoms with Gasteiger partial charge < -0.3 is 10.6 Å². The predicted molar refractivity (Wildman–Crippen MR) is 81.4 cm³/mol. The van der Waals surface area contributed by atoms with E-state index in [0.29, 0.717) is 19.5 Å². The first-order valence-corrected chi connectivity index (χ1v) is 9.58. The van der Waals surface area contributed by atoms with Crippen LogP contribution in [0.2, 0.25) is 0 Å². The number of nitrogens with zero attached hydrogens (tertiary/aromatic N) is 1. The topological polar surface area (TPSA) is 119 Å². The van der Waals surface area contributed by atoms with Gasteiger partial charge in [-0.25, -0.2) is 9.86 Å². The van der Waals surface area contributed by atoms with Crippen LogP contribution in [-0.4, -0.2) is 56.9 Å². The first-order chi connectivity index (χ1) is 9.33. The monoisotopic (exact) mass is 324 g/mol. The summed E-state index contributed by atoms with van der Waals surface area (Å²) in [4.78, 5) is 13.9. The molecule has 1 aliphatic rings. The van der Waals surface area contributed by atoms with E-state index in [-0.39, 0.29) is 18.4 Å². The molecule has 0 aliphatic carbocycles. The van der Waals surface area contributed by atoms with E-state index in [1.54, 1.807) is 16.7 Å². The van der Waals surface area contributed by atoms with Gasteiger partial charge in [-0.3, -0.25) is 4.79 Å². The summed E-state index contributed by atoms with van der Waals surface area (Å²) >= 11 is 1.66. The standard InChI is InChI=1S/C11H24N4O3S2/c1-19-6-4-10(12)11(16)15-5-2-3-9(8-15)7-14-20(13,17)18/h9-10,14H,2-8,12H2,1H3,(H2,13,17,18)/t9?,10-/m0/s1. The number of amides is 1. The predicted octanol–water partition coefficient (Wildman–Crippen LogP) is -0.901. The van der Waals surface area contributed by atoms with Crippen molar-refractivity contribution in [3.05, 3.63) is 0 Å². The van der Waals surface area contributed by atoms with E-state index in [1.807, 2.05) is 6.26 Å². The lowest BCUT2D eigenvalue weighted by Crippen LogP contribution is -2.50. The van der Waals surface area contributed by atoms with E-state index in [4.69, 9.17) is 10.9 Å². The maximum Gasteiger partial charge on any atom is 0.274 e. The first kappa shape index (κ1) is 17.7.